The average molecular weight is 333 g/mol. The van der Waals surface area contributed by atoms with Gasteiger partial charge >= 0.3 is 0 Å². The molecule has 6 nitrogen and oxygen atoms in total. The number of hydrogen-bond donors (Lipinski definition) is 3. The minimum Gasteiger partial charge on any atom is -0.366 e. The largest absolute Gasteiger partial charge is 0.366 e. The van der Waals surface area contributed by atoms with Gasteiger partial charge in [-0.25, -0.2) is 0 Å². The standard InChI is InChI=1S/C18H27N3O3/c1-2-3-4-5-6-9-12-20-16(22)13-17(23)21-15-11-8-7-10-14(15)18(19)24/h7-8,10-11H,2-6,9,12-13H2,1H3,(H2,19,24)(H,20,22)(H,21,23). The van der Waals surface area contributed by atoms with Gasteiger partial charge in [-0.1, -0.05) is 51.2 Å². The minimum absolute atomic E-state index is 0.221. The second-order valence-corrected chi connectivity index (χ2v) is 5.75. The fourth-order valence-corrected chi connectivity index (χ4v) is 2.34. The number of carbonyl (C=O) groups is 3. The number of rotatable bonds is 11. The van der Waals surface area contributed by atoms with E-state index in [4.69, 9.17) is 5.73 Å². The number of para-hydroxylation sites is 1. The van der Waals surface area contributed by atoms with Crippen LogP contribution in [0.4, 0.5) is 5.69 Å². The first kappa shape index (κ1) is 19.7. The van der Waals surface area contributed by atoms with Crippen LogP contribution in [0.2, 0.25) is 0 Å². The summed E-state index contributed by atoms with van der Waals surface area (Å²) in [6, 6.07) is 6.44. The van der Waals surface area contributed by atoms with E-state index < -0.39 is 11.8 Å². The van der Waals surface area contributed by atoms with Gasteiger partial charge in [0.15, 0.2) is 0 Å². The molecule has 0 fully saturated rings. The maximum absolute atomic E-state index is 11.9. The third-order valence-corrected chi connectivity index (χ3v) is 3.64. The maximum atomic E-state index is 11.9. The van der Waals surface area contributed by atoms with E-state index in [0.29, 0.717) is 12.2 Å². The molecule has 0 saturated heterocycles. The van der Waals surface area contributed by atoms with Gasteiger partial charge in [0, 0.05) is 6.54 Å². The second-order valence-electron chi connectivity index (χ2n) is 5.75. The van der Waals surface area contributed by atoms with Crippen molar-refractivity contribution in [2.75, 3.05) is 11.9 Å². The van der Waals surface area contributed by atoms with E-state index in [1.807, 2.05) is 0 Å². The van der Waals surface area contributed by atoms with Gasteiger partial charge in [-0.3, -0.25) is 14.4 Å². The molecule has 0 spiro atoms. The summed E-state index contributed by atoms with van der Waals surface area (Å²) in [4.78, 5) is 34.9. The Bertz CT molecular complexity index is 558. The summed E-state index contributed by atoms with van der Waals surface area (Å²) >= 11 is 0. The van der Waals surface area contributed by atoms with Gasteiger partial charge in [0.1, 0.15) is 6.42 Å². The molecule has 24 heavy (non-hydrogen) atoms. The number of benzene rings is 1. The molecule has 0 radical (unpaired) electrons. The number of hydrogen-bond acceptors (Lipinski definition) is 3. The molecule has 6 heteroatoms. The topological polar surface area (TPSA) is 101 Å². The van der Waals surface area contributed by atoms with Gasteiger partial charge in [0.2, 0.25) is 11.8 Å². The number of nitrogens with two attached hydrogens (primary N) is 1. The second kappa shape index (κ2) is 11.2. The highest BCUT2D eigenvalue weighted by Crippen LogP contribution is 2.14. The Labute approximate surface area is 143 Å². The summed E-state index contributed by atoms with van der Waals surface area (Å²) in [5, 5.41) is 5.28. The third kappa shape index (κ3) is 7.76. The molecule has 1 aromatic carbocycles. The molecule has 132 valence electrons. The lowest BCUT2D eigenvalue weighted by Gasteiger charge is -2.09. The number of carbonyl (C=O) groups excluding carboxylic acids is 3. The van der Waals surface area contributed by atoms with Crippen molar-refractivity contribution in [1.29, 1.82) is 0 Å². The summed E-state index contributed by atoms with van der Waals surface area (Å²) in [5.41, 5.74) is 5.79. The Morgan fingerprint density at radius 2 is 1.62 bits per heavy atom. The highest BCUT2D eigenvalue weighted by atomic mass is 16.2. The van der Waals surface area contributed by atoms with Crippen LogP contribution in [-0.2, 0) is 9.59 Å². The predicted octanol–water partition coefficient (Wildman–Crippen LogP) is 2.59. The van der Waals surface area contributed by atoms with Crippen molar-refractivity contribution in [1.82, 2.24) is 5.32 Å². The molecule has 0 heterocycles. The van der Waals surface area contributed by atoms with Crippen LogP contribution in [0.15, 0.2) is 24.3 Å². The Morgan fingerprint density at radius 1 is 0.958 bits per heavy atom. The predicted molar refractivity (Wildman–Crippen MR) is 94.6 cm³/mol. The number of primary amides is 1. The molecule has 0 aromatic heterocycles. The van der Waals surface area contributed by atoms with Crippen molar-refractivity contribution in [3.05, 3.63) is 29.8 Å². The van der Waals surface area contributed by atoms with E-state index in [1.54, 1.807) is 18.2 Å². The lowest BCUT2D eigenvalue weighted by atomic mass is 10.1. The normalized spacial score (nSPS) is 10.2. The lowest BCUT2D eigenvalue weighted by Crippen LogP contribution is -2.29. The molecule has 0 unspecified atom stereocenters. The number of anilines is 1. The van der Waals surface area contributed by atoms with Crippen LogP contribution in [0.5, 0.6) is 0 Å². The van der Waals surface area contributed by atoms with Crippen LogP contribution in [0.3, 0.4) is 0 Å². The number of nitrogens with one attached hydrogen (secondary N) is 2. The molecule has 0 atom stereocenters. The van der Waals surface area contributed by atoms with Crippen LogP contribution in [0.25, 0.3) is 0 Å². The quantitative estimate of drug-likeness (QED) is 0.428. The molecule has 0 bridgehead atoms. The molecule has 0 aliphatic rings. The molecule has 1 aromatic rings. The molecular weight excluding hydrogens is 306 g/mol. The Morgan fingerprint density at radius 3 is 2.33 bits per heavy atom. The Balaban J connectivity index is 2.28. The minimum atomic E-state index is -0.626. The molecular formula is C18H27N3O3. The zero-order chi connectivity index (χ0) is 17.8. The van der Waals surface area contributed by atoms with Crippen molar-refractivity contribution < 1.29 is 14.4 Å². The average Bonchev–Trinajstić information content (AvgIpc) is 2.54. The zero-order valence-electron chi connectivity index (χ0n) is 14.3. The first-order valence-electron chi connectivity index (χ1n) is 8.50. The summed E-state index contributed by atoms with van der Waals surface area (Å²) < 4.78 is 0. The van der Waals surface area contributed by atoms with Crippen LogP contribution >= 0.6 is 0 Å². The third-order valence-electron chi connectivity index (χ3n) is 3.64. The number of unbranched alkanes of at least 4 members (excludes halogenated alkanes) is 5. The van der Waals surface area contributed by atoms with Crippen molar-refractivity contribution >= 4 is 23.4 Å². The van der Waals surface area contributed by atoms with Crippen LogP contribution in [0.1, 0.15) is 62.2 Å². The lowest BCUT2D eigenvalue weighted by molar-refractivity contribution is -0.126. The highest BCUT2D eigenvalue weighted by molar-refractivity contribution is 6.07. The van der Waals surface area contributed by atoms with E-state index >= 15 is 0 Å². The fraction of sp³-hybridized carbons (Fsp3) is 0.500. The van der Waals surface area contributed by atoms with E-state index in [-0.39, 0.29) is 17.9 Å². The van der Waals surface area contributed by atoms with E-state index in [0.717, 1.165) is 12.8 Å². The maximum Gasteiger partial charge on any atom is 0.250 e. The molecule has 0 aliphatic carbocycles. The van der Waals surface area contributed by atoms with Gasteiger partial charge in [0.25, 0.3) is 5.91 Å². The number of amides is 3. The Kier molecular flexibility index (Phi) is 9.19. The van der Waals surface area contributed by atoms with Gasteiger partial charge in [0.05, 0.1) is 11.3 Å². The molecule has 1 rings (SSSR count). The first-order chi connectivity index (χ1) is 11.5. The SMILES string of the molecule is CCCCCCCCNC(=O)CC(=O)Nc1ccccc1C(N)=O. The first-order valence-corrected chi connectivity index (χ1v) is 8.50. The van der Waals surface area contributed by atoms with Gasteiger partial charge in [-0.2, -0.15) is 0 Å². The molecule has 3 amide bonds. The van der Waals surface area contributed by atoms with Crippen molar-refractivity contribution in [3.8, 4) is 0 Å². The van der Waals surface area contributed by atoms with Crippen molar-refractivity contribution in [2.45, 2.75) is 51.9 Å². The van der Waals surface area contributed by atoms with Crippen molar-refractivity contribution in [3.63, 3.8) is 0 Å². The smallest absolute Gasteiger partial charge is 0.250 e. The monoisotopic (exact) mass is 333 g/mol. The van der Waals surface area contributed by atoms with Crippen LogP contribution in [-0.4, -0.2) is 24.3 Å². The van der Waals surface area contributed by atoms with E-state index in [2.05, 4.69) is 17.6 Å². The summed E-state index contributed by atoms with van der Waals surface area (Å²) in [6.45, 7) is 2.75. The zero-order valence-corrected chi connectivity index (χ0v) is 14.3. The summed E-state index contributed by atoms with van der Waals surface area (Å²) in [6.07, 6.45) is 6.59. The van der Waals surface area contributed by atoms with Crippen LogP contribution in [0, 0.1) is 0 Å². The van der Waals surface area contributed by atoms with Crippen LogP contribution < -0.4 is 16.4 Å². The molecule has 0 saturated carbocycles. The summed E-state index contributed by atoms with van der Waals surface area (Å²) in [7, 11) is 0. The molecule has 0 aliphatic heterocycles. The highest BCUT2D eigenvalue weighted by Gasteiger charge is 2.13. The van der Waals surface area contributed by atoms with E-state index in [1.165, 1.54) is 31.7 Å². The Hall–Kier alpha value is -2.37. The molecule has 4 N–H and O–H groups in total. The van der Waals surface area contributed by atoms with Gasteiger partial charge in [-0.15, -0.1) is 0 Å². The van der Waals surface area contributed by atoms with Gasteiger partial charge < -0.3 is 16.4 Å². The summed E-state index contributed by atoms with van der Waals surface area (Å²) in [5.74, 6) is -1.42. The van der Waals surface area contributed by atoms with Gasteiger partial charge in [-0.05, 0) is 18.6 Å². The van der Waals surface area contributed by atoms with E-state index in [9.17, 15) is 14.4 Å². The fourth-order valence-electron chi connectivity index (χ4n) is 2.34. The van der Waals surface area contributed by atoms with Crippen molar-refractivity contribution in [2.24, 2.45) is 5.73 Å².